The highest BCUT2D eigenvalue weighted by atomic mass is 15.0. The van der Waals surface area contributed by atoms with Gasteiger partial charge in [0.05, 0.1) is 0 Å². The van der Waals surface area contributed by atoms with E-state index in [0.717, 1.165) is 5.69 Å². The summed E-state index contributed by atoms with van der Waals surface area (Å²) in [5.41, 5.74) is 0.746. The molecule has 0 N–H and O–H groups in total. The molecule has 64 valence electrons. The Morgan fingerprint density at radius 1 is 1.42 bits per heavy atom. The number of nitriles is 1. The van der Waals surface area contributed by atoms with E-state index >= 15 is 0 Å². The molecule has 1 rings (SSSR count). The molecule has 2 nitrogen and oxygen atoms in total. The summed E-state index contributed by atoms with van der Waals surface area (Å²) in [6.07, 6.45) is 1.96. The lowest BCUT2D eigenvalue weighted by Gasteiger charge is -2.18. The lowest BCUT2D eigenvalue weighted by Crippen LogP contribution is -2.11. The highest BCUT2D eigenvalue weighted by Gasteiger charge is 2.10. The molecule has 1 aromatic rings. The minimum Gasteiger partial charge on any atom is -0.336 e. The van der Waals surface area contributed by atoms with Gasteiger partial charge < -0.3 is 4.57 Å². The highest BCUT2D eigenvalue weighted by molar-refractivity contribution is 5.22. The second-order valence-corrected chi connectivity index (χ2v) is 3.40. The smallest absolute Gasteiger partial charge is 0.120 e. The van der Waals surface area contributed by atoms with Crippen LogP contribution in [0.3, 0.4) is 0 Å². The SMILES string of the molecule is CC(C)C(C)n1cccc1C#N. The summed E-state index contributed by atoms with van der Waals surface area (Å²) in [6.45, 7) is 6.45. The maximum Gasteiger partial charge on any atom is 0.120 e. The molecule has 0 aliphatic heterocycles. The van der Waals surface area contributed by atoms with Crippen LogP contribution in [0.1, 0.15) is 32.5 Å². The van der Waals surface area contributed by atoms with Gasteiger partial charge in [0.15, 0.2) is 0 Å². The van der Waals surface area contributed by atoms with Crippen LogP contribution in [0, 0.1) is 17.2 Å². The monoisotopic (exact) mass is 162 g/mol. The Morgan fingerprint density at radius 3 is 2.58 bits per heavy atom. The fourth-order valence-corrected chi connectivity index (χ4v) is 1.16. The third-order valence-corrected chi connectivity index (χ3v) is 2.30. The van der Waals surface area contributed by atoms with Crippen LogP contribution in [-0.2, 0) is 0 Å². The predicted octanol–water partition coefficient (Wildman–Crippen LogP) is 2.58. The number of nitrogens with zero attached hydrogens (tertiary/aromatic N) is 2. The van der Waals surface area contributed by atoms with Gasteiger partial charge in [0.1, 0.15) is 11.8 Å². The normalized spacial score (nSPS) is 12.9. The van der Waals surface area contributed by atoms with Gasteiger partial charge in [0, 0.05) is 12.2 Å². The van der Waals surface area contributed by atoms with Gasteiger partial charge in [-0.1, -0.05) is 13.8 Å². The lowest BCUT2D eigenvalue weighted by molar-refractivity contribution is 0.407. The van der Waals surface area contributed by atoms with Crippen LogP contribution >= 0.6 is 0 Å². The quantitative estimate of drug-likeness (QED) is 0.657. The van der Waals surface area contributed by atoms with Crippen molar-refractivity contribution in [3.05, 3.63) is 24.0 Å². The first-order valence-electron chi connectivity index (χ1n) is 4.23. The average molecular weight is 162 g/mol. The van der Waals surface area contributed by atoms with E-state index in [2.05, 4.69) is 26.8 Å². The number of hydrogen-bond donors (Lipinski definition) is 0. The van der Waals surface area contributed by atoms with E-state index in [-0.39, 0.29) is 0 Å². The highest BCUT2D eigenvalue weighted by Crippen LogP contribution is 2.18. The van der Waals surface area contributed by atoms with Crippen molar-refractivity contribution in [3.63, 3.8) is 0 Å². The van der Waals surface area contributed by atoms with E-state index in [1.165, 1.54) is 0 Å². The van der Waals surface area contributed by atoms with Crippen molar-refractivity contribution in [1.82, 2.24) is 4.57 Å². The van der Waals surface area contributed by atoms with Gasteiger partial charge in [-0.3, -0.25) is 0 Å². The Labute approximate surface area is 73.4 Å². The van der Waals surface area contributed by atoms with Crippen molar-refractivity contribution in [2.45, 2.75) is 26.8 Å². The van der Waals surface area contributed by atoms with Gasteiger partial charge in [-0.05, 0) is 25.0 Å². The molecular formula is C10H14N2. The first kappa shape index (κ1) is 8.86. The first-order chi connectivity index (χ1) is 5.66. The molecule has 0 aromatic carbocycles. The van der Waals surface area contributed by atoms with Crippen molar-refractivity contribution in [2.75, 3.05) is 0 Å². The van der Waals surface area contributed by atoms with Crippen molar-refractivity contribution in [1.29, 1.82) is 5.26 Å². The first-order valence-corrected chi connectivity index (χ1v) is 4.23. The summed E-state index contributed by atoms with van der Waals surface area (Å²) in [6, 6.07) is 6.33. The minimum atomic E-state index is 0.398. The Balaban J connectivity index is 2.95. The van der Waals surface area contributed by atoms with Crippen LogP contribution in [-0.4, -0.2) is 4.57 Å². The predicted molar refractivity (Wildman–Crippen MR) is 48.7 cm³/mol. The van der Waals surface area contributed by atoms with Crippen LogP contribution in [0.25, 0.3) is 0 Å². The van der Waals surface area contributed by atoms with E-state index in [4.69, 9.17) is 5.26 Å². The van der Waals surface area contributed by atoms with Gasteiger partial charge in [-0.15, -0.1) is 0 Å². The maximum atomic E-state index is 8.77. The lowest BCUT2D eigenvalue weighted by atomic mass is 10.1. The molecule has 12 heavy (non-hydrogen) atoms. The molecule has 1 heterocycles. The molecule has 0 saturated heterocycles. The van der Waals surface area contributed by atoms with Crippen LogP contribution in [0.2, 0.25) is 0 Å². The van der Waals surface area contributed by atoms with Crippen molar-refractivity contribution in [2.24, 2.45) is 5.92 Å². The third-order valence-electron chi connectivity index (χ3n) is 2.30. The maximum absolute atomic E-state index is 8.77. The van der Waals surface area contributed by atoms with Gasteiger partial charge in [-0.25, -0.2) is 0 Å². The molecule has 1 unspecified atom stereocenters. The molecule has 0 radical (unpaired) electrons. The molecule has 0 fully saturated rings. The molecule has 0 amide bonds. The standard InChI is InChI=1S/C10H14N2/c1-8(2)9(3)12-6-4-5-10(12)7-11/h4-6,8-9H,1-3H3. The second-order valence-electron chi connectivity index (χ2n) is 3.40. The fourth-order valence-electron chi connectivity index (χ4n) is 1.16. The summed E-state index contributed by atoms with van der Waals surface area (Å²) in [7, 11) is 0. The zero-order valence-electron chi connectivity index (χ0n) is 7.78. The summed E-state index contributed by atoms with van der Waals surface area (Å²) < 4.78 is 2.02. The van der Waals surface area contributed by atoms with Crippen LogP contribution in [0.15, 0.2) is 18.3 Å². The molecule has 2 heteroatoms. The molecule has 0 saturated carbocycles. The Kier molecular flexibility index (Phi) is 2.54. The third kappa shape index (κ3) is 1.50. The largest absolute Gasteiger partial charge is 0.336 e. The van der Waals surface area contributed by atoms with Crippen molar-refractivity contribution in [3.8, 4) is 6.07 Å². The zero-order chi connectivity index (χ0) is 9.14. The van der Waals surface area contributed by atoms with Crippen molar-refractivity contribution < 1.29 is 0 Å². The van der Waals surface area contributed by atoms with Gasteiger partial charge in [0.2, 0.25) is 0 Å². The number of aromatic nitrogens is 1. The fraction of sp³-hybridized carbons (Fsp3) is 0.500. The summed E-state index contributed by atoms with van der Waals surface area (Å²) in [4.78, 5) is 0. The molecular weight excluding hydrogens is 148 g/mol. The van der Waals surface area contributed by atoms with E-state index in [0.29, 0.717) is 12.0 Å². The van der Waals surface area contributed by atoms with E-state index < -0.39 is 0 Å². The minimum absolute atomic E-state index is 0.398. The molecule has 0 aliphatic rings. The number of hydrogen-bond acceptors (Lipinski definition) is 1. The molecule has 1 aromatic heterocycles. The Hall–Kier alpha value is -1.23. The summed E-state index contributed by atoms with van der Waals surface area (Å²) >= 11 is 0. The van der Waals surface area contributed by atoms with Crippen LogP contribution in [0.5, 0.6) is 0 Å². The van der Waals surface area contributed by atoms with Crippen LogP contribution < -0.4 is 0 Å². The zero-order valence-corrected chi connectivity index (χ0v) is 7.78. The van der Waals surface area contributed by atoms with E-state index in [9.17, 15) is 0 Å². The van der Waals surface area contributed by atoms with E-state index in [1.807, 2.05) is 22.9 Å². The van der Waals surface area contributed by atoms with Crippen LogP contribution in [0.4, 0.5) is 0 Å². The van der Waals surface area contributed by atoms with Gasteiger partial charge in [-0.2, -0.15) is 5.26 Å². The van der Waals surface area contributed by atoms with E-state index in [1.54, 1.807) is 0 Å². The summed E-state index contributed by atoms with van der Waals surface area (Å²) in [5.74, 6) is 0.560. The topological polar surface area (TPSA) is 28.7 Å². The van der Waals surface area contributed by atoms with Gasteiger partial charge in [0.25, 0.3) is 0 Å². The Morgan fingerprint density at radius 2 is 2.08 bits per heavy atom. The average Bonchev–Trinajstić information content (AvgIpc) is 2.49. The summed E-state index contributed by atoms with van der Waals surface area (Å²) in [5, 5.41) is 8.77. The molecule has 1 atom stereocenters. The molecule has 0 spiro atoms. The Bertz CT molecular complexity index is 291. The van der Waals surface area contributed by atoms with Crippen molar-refractivity contribution >= 4 is 0 Å². The van der Waals surface area contributed by atoms with Gasteiger partial charge >= 0.3 is 0 Å². The molecule has 0 bridgehead atoms. The second kappa shape index (κ2) is 3.44. The number of rotatable bonds is 2. The molecule has 0 aliphatic carbocycles.